The van der Waals surface area contributed by atoms with Crippen LogP contribution in [0.15, 0.2) is 29.2 Å². The van der Waals surface area contributed by atoms with Gasteiger partial charge in [-0.25, -0.2) is 8.42 Å². The third-order valence-corrected chi connectivity index (χ3v) is 8.21. The Morgan fingerprint density at radius 3 is 1.30 bits per heavy atom. The molecule has 0 aromatic heterocycles. The first-order valence-corrected chi connectivity index (χ1v) is 17.5. The van der Waals surface area contributed by atoms with Crippen LogP contribution in [0.25, 0.3) is 0 Å². The van der Waals surface area contributed by atoms with Crippen LogP contribution in [0.4, 0.5) is 0 Å². The van der Waals surface area contributed by atoms with Gasteiger partial charge < -0.3 is 4.55 Å². The Bertz CT molecular complexity index is 569. The molecule has 0 amide bonds. The van der Waals surface area contributed by atoms with Crippen LogP contribution >= 0.6 is 0 Å². The van der Waals surface area contributed by atoms with Crippen molar-refractivity contribution in [1.82, 2.24) is 0 Å². The summed E-state index contributed by atoms with van der Waals surface area (Å²) in [6.45, 7) is 4.12. The van der Waals surface area contributed by atoms with Gasteiger partial charge in [-0.2, -0.15) is 0 Å². The van der Waals surface area contributed by atoms with E-state index in [0.717, 1.165) is 31.7 Å². The van der Waals surface area contributed by atoms with Crippen molar-refractivity contribution in [2.45, 2.75) is 125 Å². The zero-order valence-electron chi connectivity index (χ0n) is 19.7. The predicted octanol–water partition coefficient (Wildman–Crippen LogP) is 8.11. The maximum absolute atomic E-state index is 10.4. The van der Waals surface area contributed by atoms with E-state index in [-0.39, 0.29) is 4.90 Å². The molecule has 5 heteroatoms. The largest absolute Gasteiger partial charge is 0.744 e. The summed E-state index contributed by atoms with van der Waals surface area (Å²) >= 11 is 1.06. The summed E-state index contributed by atoms with van der Waals surface area (Å²) in [6, 6.07) is 5.78. The standard InChI is InChI=1S/C18H37.C7H8O3S.Hg/c1-3-5-7-9-11-13-15-17-18-16-14-12-10-8-6-4-2;1-6-2-4-7(5-3-6)11(8,9)10;/h1,3-18H2,2H3;2-5H,1H3,(H,8,9,10);/q;;+1/p-1. The summed E-state index contributed by atoms with van der Waals surface area (Å²) in [5.41, 5.74) is 0.928. The van der Waals surface area contributed by atoms with Crippen molar-refractivity contribution in [2.24, 2.45) is 0 Å². The molecule has 1 aromatic carbocycles. The van der Waals surface area contributed by atoms with E-state index in [9.17, 15) is 13.0 Å². The Morgan fingerprint density at radius 1 is 0.667 bits per heavy atom. The molecule has 1 aromatic rings. The first kappa shape index (κ1) is 30.1. The van der Waals surface area contributed by atoms with E-state index in [2.05, 4.69) is 6.92 Å². The van der Waals surface area contributed by atoms with Gasteiger partial charge in [0.05, 0.1) is 4.90 Å². The van der Waals surface area contributed by atoms with E-state index in [0.29, 0.717) is 0 Å². The molecule has 0 saturated carbocycles. The molecule has 30 heavy (non-hydrogen) atoms. The van der Waals surface area contributed by atoms with Crippen molar-refractivity contribution in [2.75, 3.05) is 0 Å². The van der Waals surface area contributed by atoms with Crippen LogP contribution in [0, 0.1) is 6.92 Å². The van der Waals surface area contributed by atoms with Gasteiger partial charge in [-0.15, -0.1) is 0 Å². The molecule has 0 radical (unpaired) electrons. The van der Waals surface area contributed by atoms with E-state index in [1.807, 2.05) is 6.92 Å². The monoisotopic (exact) mass is 626 g/mol. The van der Waals surface area contributed by atoms with Crippen LogP contribution < -0.4 is 0 Å². The fourth-order valence-electron chi connectivity index (χ4n) is 3.43. The summed E-state index contributed by atoms with van der Waals surface area (Å²) in [5.74, 6) is 0. The predicted molar refractivity (Wildman–Crippen MR) is 123 cm³/mol. The summed E-state index contributed by atoms with van der Waals surface area (Å²) in [5, 5.41) is 0. The van der Waals surface area contributed by atoms with Crippen molar-refractivity contribution >= 4 is 10.1 Å². The molecule has 0 aliphatic carbocycles. The molecule has 1 rings (SSSR count). The molecule has 0 N–H and O–H groups in total. The Balaban J connectivity index is 0.000000642. The second kappa shape index (κ2) is 20.9. The Morgan fingerprint density at radius 2 is 1.00 bits per heavy atom. The molecule has 0 fully saturated rings. The van der Waals surface area contributed by atoms with Crippen LogP contribution in [0.2, 0.25) is 3.93 Å². The number of hydrogen-bond donors (Lipinski definition) is 0. The smallest absolute Gasteiger partial charge is 0.124 e. The number of hydrogen-bond acceptors (Lipinski definition) is 3. The zero-order valence-corrected chi connectivity index (χ0v) is 26.0. The molecule has 170 valence electrons. The normalized spacial score (nSPS) is 11.2. The molecular formula is C25H44HgO3S. The minimum Gasteiger partial charge on any atom is -0.744 e. The van der Waals surface area contributed by atoms with E-state index in [1.54, 1.807) is 16.1 Å². The van der Waals surface area contributed by atoms with E-state index in [4.69, 9.17) is 0 Å². The Hall–Kier alpha value is 0.0651. The van der Waals surface area contributed by atoms with Crippen LogP contribution in [0.5, 0.6) is 0 Å². The van der Waals surface area contributed by atoms with E-state index >= 15 is 0 Å². The molecule has 0 saturated heterocycles. The van der Waals surface area contributed by atoms with Crippen molar-refractivity contribution in [3.8, 4) is 0 Å². The van der Waals surface area contributed by atoms with Crippen LogP contribution in [-0.2, 0) is 36.2 Å². The molecule has 0 unspecified atom stereocenters. The number of benzene rings is 1. The van der Waals surface area contributed by atoms with Crippen LogP contribution in [0.1, 0.15) is 115 Å². The van der Waals surface area contributed by atoms with Crippen molar-refractivity contribution in [3.63, 3.8) is 0 Å². The summed E-state index contributed by atoms with van der Waals surface area (Å²) in [6.07, 6.45) is 23.8. The second-order valence-electron chi connectivity index (χ2n) is 8.42. The summed E-state index contributed by atoms with van der Waals surface area (Å²) < 4.78 is 32.7. The maximum atomic E-state index is 10.4. The first-order valence-electron chi connectivity index (χ1n) is 12.2. The van der Waals surface area contributed by atoms with Gasteiger partial charge in [-0.3, -0.25) is 0 Å². The van der Waals surface area contributed by atoms with E-state index < -0.39 is 10.1 Å². The van der Waals surface area contributed by atoms with Crippen LogP contribution in [-0.4, -0.2) is 13.0 Å². The molecule has 0 atom stereocenters. The van der Waals surface area contributed by atoms with Gasteiger partial charge in [0.25, 0.3) is 0 Å². The number of aryl methyl sites for hydroxylation is 1. The number of rotatable bonds is 17. The summed E-state index contributed by atoms with van der Waals surface area (Å²) in [4.78, 5) is -0.178. The Kier molecular flexibility index (Phi) is 21.0. The second-order valence-corrected chi connectivity index (χ2v) is 12.6. The van der Waals surface area contributed by atoms with E-state index in [1.165, 1.54) is 115 Å². The SMILES string of the molecule is CCCCCCCCCCCCCCCCC[CH2][Hg+].Cc1ccc(S(=O)(=O)[O-])cc1. The molecule has 0 heterocycles. The molecule has 3 nitrogen and oxygen atoms in total. The fraction of sp³-hybridized carbons (Fsp3) is 0.760. The average Bonchev–Trinajstić information content (AvgIpc) is 2.71. The van der Waals surface area contributed by atoms with Crippen molar-refractivity contribution < 1.29 is 39.1 Å². The molecular weight excluding hydrogens is 581 g/mol. The molecule has 0 bridgehead atoms. The van der Waals surface area contributed by atoms with Crippen LogP contribution in [0.3, 0.4) is 0 Å². The van der Waals surface area contributed by atoms with Gasteiger partial charge in [0.1, 0.15) is 10.1 Å². The minimum atomic E-state index is -4.27. The van der Waals surface area contributed by atoms with Crippen molar-refractivity contribution in [3.05, 3.63) is 29.8 Å². The quantitative estimate of drug-likeness (QED) is 0.0999. The summed E-state index contributed by atoms with van der Waals surface area (Å²) in [7, 11) is -4.27. The number of unbranched alkanes of at least 4 members (excludes halogenated alkanes) is 15. The maximum Gasteiger partial charge on any atom is 0.124 e. The van der Waals surface area contributed by atoms with Gasteiger partial charge >= 0.3 is 101 Å². The van der Waals surface area contributed by atoms with Crippen molar-refractivity contribution in [1.29, 1.82) is 0 Å². The topological polar surface area (TPSA) is 57.2 Å². The van der Waals surface area contributed by atoms with Gasteiger partial charge in [0.2, 0.25) is 0 Å². The van der Waals surface area contributed by atoms with Gasteiger partial charge in [0, 0.05) is 0 Å². The van der Waals surface area contributed by atoms with Gasteiger partial charge in [0.15, 0.2) is 0 Å². The van der Waals surface area contributed by atoms with Gasteiger partial charge in [-0.1, -0.05) is 56.7 Å². The first-order chi connectivity index (χ1) is 14.4. The third-order valence-electron chi connectivity index (χ3n) is 5.41. The zero-order chi connectivity index (χ0) is 22.5. The minimum absolute atomic E-state index is 0.178. The fourth-order valence-corrected chi connectivity index (χ4v) is 5.27. The molecule has 0 aliphatic rings. The molecule has 0 spiro atoms. The Labute approximate surface area is 203 Å². The van der Waals surface area contributed by atoms with Gasteiger partial charge in [-0.05, 0) is 19.1 Å². The third kappa shape index (κ3) is 20.0. The molecule has 0 aliphatic heterocycles. The average molecular weight is 625 g/mol.